The molecule has 2 unspecified atom stereocenters. The summed E-state index contributed by atoms with van der Waals surface area (Å²) in [5, 5.41) is 7.21. The van der Waals surface area contributed by atoms with Crippen molar-refractivity contribution in [1.29, 1.82) is 0 Å². The lowest BCUT2D eigenvalue weighted by Gasteiger charge is -2.27. The predicted octanol–water partition coefficient (Wildman–Crippen LogP) is 1.97. The first-order valence-corrected chi connectivity index (χ1v) is 8.71. The summed E-state index contributed by atoms with van der Waals surface area (Å²) < 4.78 is 14.1. The van der Waals surface area contributed by atoms with Crippen LogP contribution in [0.4, 0.5) is 9.39 Å². The molecule has 3 N–H and O–H groups in total. The molecule has 0 saturated heterocycles. The van der Waals surface area contributed by atoms with Gasteiger partial charge in [0.15, 0.2) is 0 Å². The molecule has 0 spiro atoms. The van der Waals surface area contributed by atoms with Gasteiger partial charge in [-0.05, 0) is 17.7 Å². The highest BCUT2D eigenvalue weighted by molar-refractivity contribution is 7.16. The lowest BCUT2D eigenvalue weighted by atomic mass is 10.0. The van der Waals surface area contributed by atoms with Gasteiger partial charge in [0.2, 0.25) is 0 Å². The second-order valence-corrected chi connectivity index (χ2v) is 7.54. The van der Waals surface area contributed by atoms with Gasteiger partial charge in [0, 0.05) is 12.0 Å². The first-order chi connectivity index (χ1) is 11.0. The average Bonchev–Trinajstić information content (AvgIpc) is 2.84. The van der Waals surface area contributed by atoms with Gasteiger partial charge in [0.05, 0.1) is 29.1 Å². The van der Waals surface area contributed by atoms with Gasteiger partial charge in [-0.1, -0.05) is 17.7 Å². The first kappa shape index (κ1) is 14.9. The smallest absolute Gasteiger partial charge is 0.256 e. The fraction of sp³-hybridized carbons (Fsp3) is 0.312. The average molecular weight is 353 g/mol. The summed E-state index contributed by atoms with van der Waals surface area (Å²) in [6, 6.07) is 4.53. The summed E-state index contributed by atoms with van der Waals surface area (Å²) >= 11 is 7.72. The lowest BCUT2D eigenvalue weighted by molar-refractivity contribution is -0.895. The molecule has 0 saturated carbocycles. The van der Waals surface area contributed by atoms with Crippen molar-refractivity contribution in [2.24, 2.45) is 0 Å². The monoisotopic (exact) mass is 352 g/mol. The van der Waals surface area contributed by atoms with Gasteiger partial charge in [-0.15, -0.1) is 11.3 Å². The molecule has 120 valence electrons. The minimum absolute atomic E-state index is 0.153. The van der Waals surface area contributed by atoms with E-state index in [1.165, 1.54) is 15.8 Å². The zero-order chi connectivity index (χ0) is 16.1. The number of carbonyl (C=O) groups is 1. The van der Waals surface area contributed by atoms with E-state index in [0.717, 1.165) is 35.6 Å². The van der Waals surface area contributed by atoms with Gasteiger partial charge in [-0.25, -0.2) is 4.39 Å². The van der Waals surface area contributed by atoms with E-state index in [1.807, 2.05) is 0 Å². The van der Waals surface area contributed by atoms with Crippen LogP contribution in [0.15, 0.2) is 18.2 Å². The van der Waals surface area contributed by atoms with E-state index in [2.05, 4.69) is 17.7 Å². The predicted molar refractivity (Wildman–Crippen MR) is 88.7 cm³/mol. The molecule has 4 rings (SSSR count). The first-order valence-electron chi connectivity index (χ1n) is 7.51. The molecule has 4 nitrogen and oxygen atoms in total. The molecule has 1 aromatic heterocycles. The number of halogens is 2. The molecule has 23 heavy (non-hydrogen) atoms. The molecule has 0 bridgehead atoms. The van der Waals surface area contributed by atoms with E-state index in [1.54, 1.807) is 23.5 Å². The third-order valence-corrected chi connectivity index (χ3v) is 5.91. The Morgan fingerprint density at radius 2 is 2.22 bits per heavy atom. The van der Waals surface area contributed by atoms with E-state index in [9.17, 15) is 9.18 Å². The zero-order valence-electron chi connectivity index (χ0n) is 12.5. The van der Waals surface area contributed by atoms with Crippen LogP contribution in [-0.2, 0) is 13.0 Å². The van der Waals surface area contributed by atoms with Crippen molar-refractivity contribution in [1.82, 2.24) is 5.32 Å². The summed E-state index contributed by atoms with van der Waals surface area (Å²) in [5.41, 5.74) is 2.14. The number of anilines is 1. The maximum Gasteiger partial charge on any atom is 0.256 e. The van der Waals surface area contributed by atoms with Crippen LogP contribution in [0.25, 0.3) is 0 Å². The minimum Gasteiger partial charge on any atom is -0.352 e. The van der Waals surface area contributed by atoms with Gasteiger partial charge in [-0.3, -0.25) is 4.79 Å². The Kier molecular flexibility index (Phi) is 3.55. The number of carbonyl (C=O) groups excluding carboxylic acids is 1. The molecular formula is C16H16ClFN3OS+. The number of amides is 1. The number of hydrogen-bond acceptors (Lipinski definition) is 3. The van der Waals surface area contributed by atoms with Gasteiger partial charge in [-0.2, -0.15) is 0 Å². The van der Waals surface area contributed by atoms with Crippen LogP contribution in [0.3, 0.4) is 0 Å². The molecular weight excluding hydrogens is 337 g/mol. The molecule has 1 aromatic carbocycles. The SMILES string of the molecule is C[NH+]1CCc2c(sc3c2C(=O)NC(c2c(F)cccc2Cl)N3)C1. The fourth-order valence-electron chi connectivity index (χ4n) is 3.26. The Labute approximate surface area is 142 Å². The van der Waals surface area contributed by atoms with Crippen molar-refractivity contribution in [3.63, 3.8) is 0 Å². The number of fused-ring (bicyclic) bond motifs is 3. The largest absolute Gasteiger partial charge is 0.352 e. The van der Waals surface area contributed by atoms with E-state index in [0.29, 0.717) is 5.02 Å². The van der Waals surface area contributed by atoms with E-state index < -0.39 is 12.0 Å². The molecule has 7 heteroatoms. The van der Waals surface area contributed by atoms with Crippen LogP contribution >= 0.6 is 22.9 Å². The van der Waals surface area contributed by atoms with Crippen molar-refractivity contribution in [2.75, 3.05) is 18.9 Å². The molecule has 2 aliphatic heterocycles. The van der Waals surface area contributed by atoms with E-state index in [-0.39, 0.29) is 11.5 Å². The molecule has 2 atom stereocenters. The van der Waals surface area contributed by atoms with Crippen LogP contribution in [0.1, 0.15) is 32.5 Å². The topological polar surface area (TPSA) is 45.6 Å². The highest BCUT2D eigenvalue weighted by Gasteiger charge is 2.35. The highest BCUT2D eigenvalue weighted by Crippen LogP contribution is 2.40. The number of thiophene rings is 1. The van der Waals surface area contributed by atoms with Crippen molar-refractivity contribution < 1.29 is 14.1 Å². The number of hydrogen-bond donors (Lipinski definition) is 3. The van der Waals surface area contributed by atoms with Crippen LogP contribution in [-0.4, -0.2) is 19.5 Å². The van der Waals surface area contributed by atoms with Gasteiger partial charge in [0.1, 0.15) is 23.5 Å². The van der Waals surface area contributed by atoms with Crippen LogP contribution in [0, 0.1) is 5.82 Å². The number of nitrogens with one attached hydrogen (secondary N) is 3. The summed E-state index contributed by atoms with van der Waals surface area (Å²) in [6.07, 6.45) is 0.251. The number of benzene rings is 1. The second-order valence-electron chi connectivity index (χ2n) is 6.03. The molecule has 2 aliphatic rings. The van der Waals surface area contributed by atoms with E-state index >= 15 is 0 Å². The normalized spacial score (nSPS) is 22.8. The third-order valence-electron chi connectivity index (χ3n) is 4.42. The maximum absolute atomic E-state index is 14.1. The van der Waals surface area contributed by atoms with Gasteiger partial charge in [0.25, 0.3) is 5.91 Å². The molecule has 0 fully saturated rings. The molecule has 2 aromatic rings. The number of likely N-dealkylation sites (N-methyl/N-ethyl adjacent to an activating group) is 1. The van der Waals surface area contributed by atoms with E-state index in [4.69, 9.17) is 11.6 Å². The molecule has 0 radical (unpaired) electrons. The summed E-state index contributed by atoms with van der Waals surface area (Å²) in [4.78, 5) is 15.3. The molecule has 1 amide bonds. The molecule has 0 aliphatic carbocycles. The summed E-state index contributed by atoms with van der Waals surface area (Å²) in [6.45, 7) is 1.94. The summed E-state index contributed by atoms with van der Waals surface area (Å²) in [7, 11) is 2.15. The zero-order valence-corrected chi connectivity index (χ0v) is 14.1. The number of quaternary nitrogens is 1. The van der Waals surface area contributed by atoms with Crippen LogP contribution in [0.2, 0.25) is 5.02 Å². The van der Waals surface area contributed by atoms with Crippen LogP contribution in [0.5, 0.6) is 0 Å². The third kappa shape index (κ3) is 2.41. The number of rotatable bonds is 1. The Morgan fingerprint density at radius 1 is 1.39 bits per heavy atom. The highest BCUT2D eigenvalue weighted by atomic mass is 35.5. The lowest BCUT2D eigenvalue weighted by Crippen LogP contribution is -3.08. The van der Waals surface area contributed by atoms with Crippen molar-refractivity contribution >= 4 is 33.8 Å². The van der Waals surface area contributed by atoms with Crippen molar-refractivity contribution in [2.45, 2.75) is 19.1 Å². The van der Waals surface area contributed by atoms with Gasteiger partial charge >= 0.3 is 0 Å². The molecule has 3 heterocycles. The van der Waals surface area contributed by atoms with Crippen molar-refractivity contribution in [3.8, 4) is 0 Å². The van der Waals surface area contributed by atoms with Crippen molar-refractivity contribution in [3.05, 3.63) is 50.6 Å². The fourth-order valence-corrected chi connectivity index (χ4v) is 4.92. The van der Waals surface area contributed by atoms with Crippen LogP contribution < -0.4 is 15.5 Å². The van der Waals surface area contributed by atoms with Gasteiger partial charge < -0.3 is 15.5 Å². The maximum atomic E-state index is 14.1. The Bertz CT molecular complexity index is 787. The Morgan fingerprint density at radius 3 is 3.00 bits per heavy atom. The standard InChI is InChI=1S/C16H15ClFN3OS/c1-21-6-5-8-11(7-21)23-16-12(8)15(22)19-14(20-16)13-9(17)3-2-4-10(13)18/h2-4,14,20H,5-7H2,1H3,(H,19,22)/p+1. The Balaban J connectivity index is 1.75. The minimum atomic E-state index is -0.645. The Hall–Kier alpha value is -1.63. The quantitative estimate of drug-likeness (QED) is 0.734. The summed E-state index contributed by atoms with van der Waals surface area (Å²) in [5.74, 6) is -0.579. The second kappa shape index (κ2) is 5.47.